The molecule has 1 saturated carbocycles. The normalized spacial score (nSPS) is 17.4. The van der Waals surface area contributed by atoms with Gasteiger partial charge in [0.25, 0.3) is 0 Å². The van der Waals surface area contributed by atoms with Gasteiger partial charge in [0.15, 0.2) is 0 Å². The van der Waals surface area contributed by atoms with Gasteiger partial charge in [-0.3, -0.25) is 14.3 Å². The number of Topliss-reactive ketones (excluding diaryl/α,β-unsaturated/α-hetero) is 1. The van der Waals surface area contributed by atoms with Crippen molar-refractivity contribution in [3.05, 3.63) is 48.7 Å². The quantitative estimate of drug-likeness (QED) is 0.332. The Morgan fingerprint density at radius 3 is 2.51 bits per heavy atom. The van der Waals surface area contributed by atoms with E-state index in [0.29, 0.717) is 41.1 Å². The van der Waals surface area contributed by atoms with E-state index >= 15 is 0 Å². The van der Waals surface area contributed by atoms with E-state index in [1.807, 2.05) is 43.1 Å². The summed E-state index contributed by atoms with van der Waals surface area (Å²) in [7, 11) is 0. The highest BCUT2D eigenvalue weighted by molar-refractivity contribution is 5.84. The number of carbonyl (C=O) groups is 2. The van der Waals surface area contributed by atoms with Gasteiger partial charge >= 0.3 is 0 Å². The minimum absolute atomic E-state index is 0.124. The highest BCUT2D eigenvalue weighted by Crippen LogP contribution is 2.37. The maximum atomic E-state index is 13.0. The second-order valence-corrected chi connectivity index (χ2v) is 12.1. The highest BCUT2D eigenvalue weighted by atomic mass is 16.2. The van der Waals surface area contributed by atoms with E-state index in [-0.39, 0.29) is 23.4 Å². The number of carbonyl (C=O) groups excluding carboxylic acids is 2. The monoisotopic (exact) mass is 579 g/mol. The standard InChI is InChI=1S/C32H37N9O2/c1-4-32(31(43)37-21(2)3)11-13-39(14-12-32)28-10-5-22(16-34-28)29-30-23(15-33)17-36-41(30)20-27(38-29)24-18-35-40(19-24)25-6-8-26(42)9-7-25/h5,10,16-21,25H,4,6-9,11-14H2,1-3H3,(H,37,43). The van der Waals surface area contributed by atoms with Crippen LogP contribution in [0, 0.1) is 16.7 Å². The summed E-state index contributed by atoms with van der Waals surface area (Å²) in [4.78, 5) is 36.7. The van der Waals surface area contributed by atoms with Gasteiger partial charge in [-0.05, 0) is 58.1 Å². The topological polar surface area (TPSA) is 134 Å². The molecule has 1 N–H and O–H groups in total. The van der Waals surface area contributed by atoms with Crippen LogP contribution >= 0.6 is 0 Å². The Labute approximate surface area is 250 Å². The summed E-state index contributed by atoms with van der Waals surface area (Å²) in [6.07, 6.45) is 14.1. The van der Waals surface area contributed by atoms with Crippen molar-refractivity contribution in [1.82, 2.24) is 34.7 Å². The third-order valence-electron chi connectivity index (χ3n) is 9.05. The molecule has 1 saturated heterocycles. The van der Waals surface area contributed by atoms with Crippen molar-refractivity contribution in [2.24, 2.45) is 5.41 Å². The first-order valence-electron chi connectivity index (χ1n) is 15.2. The fourth-order valence-corrected chi connectivity index (χ4v) is 6.33. The molecule has 2 fully saturated rings. The summed E-state index contributed by atoms with van der Waals surface area (Å²) in [6.45, 7) is 7.60. The Bertz CT molecular complexity index is 1680. The van der Waals surface area contributed by atoms with Crippen LogP contribution in [-0.4, -0.2) is 60.2 Å². The lowest BCUT2D eigenvalue weighted by Crippen LogP contribution is -2.50. The van der Waals surface area contributed by atoms with Crippen molar-refractivity contribution < 1.29 is 9.59 Å². The Morgan fingerprint density at radius 1 is 1.09 bits per heavy atom. The van der Waals surface area contributed by atoms with Crippen LogP contribution in [0.2, 0.25) is 0 Å². The zero-order chi connectivity index (χ0) is 30.1. The van der Waals surface area contributed by atoms with Crippen LogP contribution in [-0.2, 0) is 9.59 Å². The Morgan fingerprint density at radius 2 is 1.86 bits per heavy atom. The van der Waals surface area contributed by atoms with Gasteiger partial charge in [-0.2, -0.15) is 15.5 Å². The van der Waals surface area contributed by atoms with E-state index in [2.05, 4.69) is 33.4 Å². The lowest BCUT2D eigenvalue weighted by Gasteiger charge is -2.41. The fraction of sp³-hybridized carbons (Fsp3) is 0.469. The second kappa shape index (κ2) is 11.6. The smallest absolute Gasteiger partial charge is 0.226 e. The number of nitrogens with one attached hydrogen (secondary N) is 1. The number of amides is 1. The third-order valence-corrected chi connectivity index (χ3v) is 9.05. The van der Waals surface area contributed by atoms with Gasteiger partial charge < -0.3 is 10.2 Å². The molecule has 1 amide bonds. The summed E-state index contributed by atoms with van der Waals surface area (Å²) >= 11 is 0. The van der Waals surface area contributed by atoms with Crippen molar-refractivity contribution in [2.45, 2.75) is 77.8 Å². The van der Waals surface area contributed by atoms with E-state index in [9.17, 15) is 14.9 Å². The number of fused-ring (bicyclic) bond motifs is 1. The molecule has 2 aliphatic rings. The van der Waals surface area contributed by atoms with Crippen LogP contribution in [0.25, 0.3) is 28.0 Å². The molecule has 11 heteroatoms. The first-order valence-corrected chi connectivity index (χ1v) is 15.2. The Hall–Kier alpha value is -4.59. The largest absolute Gasteiger partial charge is 0.357 e. The molecule has 43 heavy (non-hydrogen) atoms. The number of hydrogen-bond acceptors (Lipinski definition) is 8. The first-order chi connectivity index (χ1) is 20.8. The predicted octanol–water partition coefficient (Wildman–Crippen LogP) is 4.73. The SMILES string of the molecule is CCC1(C(=O)NC(C)C)CCN(c2ccc(-c3nc(-c4cnn(C5CCC(=O)CC5)c4)cn4ncc(C#N)c34)cn2)CC1. The molecule has 4 aromatic rings. The maximum absolute atomic E-state index is 13.0. The summed E-state index contributed by atoms with van der Waals surface area (Å²) in [5.74, 6) is 1.32. The van der Waals surface area contributed by atoms with E-state index in [1.54, 1.807) is 23.1 Å². The molecule has 222 valence electrons. The first kappa shape index (κ1) is 28.5. The van der Waals surface area contributed by atoms with Crippen molar-refractivity contribution >= 4 is 23.0 Å². The molecule has 0 unspecified atom stereocenters. The molecule has 0 atom stereocenters. The zero-order valence-corrected chi connectivity index (χ0v) is 25.0. The molecule has 5 heterocycles. The minimum Gasteiger partial charge on any atom is -0.357 e. The molecular formula is C32H37N9O2. The van der Waals surface area contributed by atoms with Crippen LogP contribution < -0.4 is 10.2 Å². The van der Waals surface area contributed by atoms with E-state index in [4.69, 9.17) is 9.97 Å². The minimum atomic E-state index is -0.339. The molecule has 0 aromatic carbocycles. The van der Waals surface area contributed by atoms with Gasteiger partial charge in [-0.1, -0.05) is 6.92 Å². The number of hydrogen-bond donors (Lipinski definition) is 1. The second-order valence-electron chi connectivity index (χ2n) is 12.1. The van der Waals surface area contributed by atoms with Crippen LogP contribution in [0.3, 0.4) is 0 Å². The van der Waals surface area contributed by atoms with E-state index in [0.717, 1.165) is 62.1 Å². The predicted molar refractivity (Wildman–Crippen MR) is 162 cm³/mol. The van der Waals surface area contributed by atoms with E-state index < -0.39 is 0 Å². The van der Waals surface area contributed by atoms with Crippen LogP contribution in [0.4, 0.5) is 5.82 Å². The van der Waals surface area contributed by atoms with Gasteiger partial charge in [-0.15, -0.1) is 0 Å². The van der Waals surface area contributed by atoms with Gasteiger partial charge in [0.2, 0.25) is 5.91 Å². The van der Waals surface area contributed by atoms with Crippen LogP contribution in [0.15, 0.2) is 43.1 Å². The van der Waals surface area contributed by atoms with E-state index in [1.165, 1.54) is 0 Å². The number of ketones is 1. The van der Waals surface area contributed by atoms with Crippen molar-refractivity contribution in [3.8, 4) is 28.6 Å². The Kier molecular flexibility index (Phi) is 7.69. The lowest BCUT2D eigenvalue weighted by molar-refractivity contribution is -0.133. The number of nitrogens with zero attached hydrogens (tertiary/aromatic N) is 8. The number of rotatable bonds is 7. The molecule has 6 rings (SSSR count). The molecule has 1 aliphatic heterocycles. The zero-order valence-electron chi connectivity index (χ0n) is 25.0. The third kappa shape index (κ3) is 5.49. The fourth-order valence-electron chi connectivity index (χ4n) is 6.33. The number of pyridine rings is 1. The van der Waals surface area contributed by atoms with Crippen molar-refractivity contribution in [2.75, 3.05) is 18.0 Å². The summed E-state index contributed by atoms with van der Waals surface area (Å²) < 4.78 is 3.63. The molecule has 4 aromatic heterocycles. The summed E-state index contributed by atoms with van der Waals surface area (Å²) in [6, 6.07) is 6.53. The number of piperidine rings is 1. The number of anilines is 1. The van der Waals surface area contributed by atoms with Crippen molar-refractivity contribution in [3.63, 3.8) is 0 Å². The van der Waals surface area contributed by atoms with Crippen LogP contribution in [0.1, 0.15) is 77.3 Å². The lowest BCUT2D eigenvalue weighted by atomic mass is 9.75. The van der Waals surface area contributed by atoms with Gasteiger partial charge in [0.1, 0.15) is 28.8 Å². The number of aromatic nitrogens is 6. The van der Waals surface area contributed by atoms with Gasteiger partial charge in [0, 0.05) is 55.5 Å². The Balaban J connectivity index is 1.26. The maximum Gasteiger partial charge on any atom is 0.226 e. The number of nitriles is 1. The molecular weight excluding hydrogens is 542 g/mol. The molecule has 0 radical (unpaired) electrons. The van der Waals surface area contributed by atoms with Gasteiger partial charge in [0.05, 0.1) is 41.4 Å². The van der Waals surface area contributed by atoms with Crippen LogP contribution in [0.5, 0.6) is 0 Å². The van der Waals surface area contributed by atoms with Gasteiger partial charge in [-0.25, -0.2) is 14.5 Å². The average Bonchev–Trinajstić information content (AvgIpc) is 3.69. The molecule has 1 aliphatic carbocycles. The average molecular weight is 580 g/mol. The molecule has 11 nitrogen and oxygen atoms in total. The highest BCUT2D eigenvalue weighted by Gasteiger charge is 2.40. The summed E-state index contributed by atoms with van der Waals surface area (Å²) in [5, 5.41) is 21.9. The molecule has 0 spiro atoms. The molecule has 0 bridgehead atoms. The summed E-state index contributed by atoms with van der Waals surface area (Å²) in [5.41, 5.74) is 3.65. The van der Waals surface area contributed by atoms with Crippen molar-refractivity contribution in [1.29, 1.82) is 5.26 Å².